The van der Waals surface area contributed by atoms with Crippen LogP contribution in [0.15, 0.2) is 58.7 Å². The van der Waals surface area contributed by atoms with Crippen molar-refractivity contribution in [3.63, 3.8) is 0 Å². The second-order valence-corrected chi connectivity index (χ2v) is 6.24. The number of H-pyrrole nitrogens is 1. The molecule has 3 aromatic rings. The smallest absolute Gasteiger partial charge is 0.216 e. The molecular weight excluding hydrogens is 384 g/mol. The van der Waals surface area contributed by atoms with E-state index >= 15 is 0 Å². The third-order valence-corrected chi connectivity index (χ3v) is 4.16. The van der Waals surface area contributed by atoms with Crippen LogP contribution >= 0.6 is 23.8 Å². The first-order valence-electron chi connectivity index (χ1n) is 7.99. The lowest BCUT2D eigenvalue weighted by molar-refractivity contribution is 0.355. The maximum absolute atomic E-state index is 6.27. The zero-order chi connectivity index (χ0) is 19.2. The van der Waals surface area contributed by atoms with Gasteiger partial charge in [0.05, 0.1) is 25.5 Å². The summed E-state index contributed by atoms with van der Waals surface area (Å²) in [4.78, 5) is 0. The largest absolute Gasteiger partial charge is 0.493 e. The van der Waals surface area contributed by atoms with Crippen LogP contribution in [0.4, 0.5) is 0 Å². The van der Waals surface area contributed by atoms with E-state index in [9.17, 15) is 0 Å². The Morgan fingerprint density at radius 2 is 1.89 bits per heavy atom. The molecule has 1 aromatic heterocycles. The molecule has 27 heavy (non-hydrogen) atoms. The van der Waals surface area contributed by atoms with Gasteiger partial charge in [-0.05, 0) is 42.1 Å². The third-order valence-electron chi connectivity index (χ3n) is 3.69. The van der Waals surface area contributed by atoms with Crippen molar-refractivity contribution in [3.05, 3.63) is 63.9 Å². The molecule has 0 saturated heterocycles. The number of aromatic nitrogens is 3. The summed E-state index contributed by atoms with van der Waals surface area (Å²) in [7, 11) is 3.16. The van der Waals surface area contributed by atoms with E-state index in [0.29, 0.717) is 27.1 Å². The van der Waals surface area contributed by atoms with E-state index in [-0.39, 0.29) is 0 Å². The van der Waals surface area contributed by atoms with Crippen molar-refractivity contribution in [2.24, 2.45) is 5.10 Å². The minimum absolute atomic E-state index is 0.347. The molecule has 0 amide bonds. The van der Waals surface area contributed by atoms with Crippen molar-refractivity contribution in [2.45, 2.75) is 0 Å². The minimum atomic E-state index is 0.347. The number of nitrogens with zero attached hydrogens (tertiary/aromatic N) is 3. The number of hydrogen-bond acceptors (Lipinski definition) is 5. The molecule has 0 bridgehead atoms. The molecule has 0 radical (unpaired) electrons. The average molecular weight is 401 g/mol. The van der Waals surface area contributed by atoms with Crippen molar-refractivity contribution in [1.82, 2.24) is 14.9 Å². The van der Waals surface area contributed by atoms with E-state index < -0.39 is 0 Å². The Balaban J connectivity index is 1.94. The van der Waals surface area contributed by atoms with Crippen LogP contribution in [0.3, 0.4) is 0 Å². The van der Waals surface area contributed by atoms with Gasteiger partial charge < -0.3 is 9.47 Å². The van der Waals surface area contributed by atoms with Crippen LogP contribution in [0.25, 0.3) is 17.5 Å². The minimum Gasteiger partial charge on any atom is -0.493 e. The standard InChI is InChI=1S/C19H17ClN4O2S/c1-25-16-9-8-14(11-17(16)26-2)18-22-23-19(27)24(18)21-12-15(20)10-13-6-4-3-5-7-13/h3-12H,1-2H3,(H,23,27)/b15-10-,21-12-. The Morgan fingerprint density at radius 1 is 1.15 bits per heavy atom. The predicted octanol–water partition coefficient (Wildman–Crippen LogP) is 4.74. The number of methoxy groups -OCH3 is 2. The molecule has 0 aliphatic heterocycles. The summed E-state index contributed by atoms with van der Waals surface area (Å²) in [5.74, 6) is 1.74. The number of benzene rings is 2. The highest BCUT2D eigenvalue weighted by Gasteiger charge is 2.12. The summed E-state index contributed by atoms with van der Waals surface area (Å²) in [6.07, 6.45) is 3.33. The van der Waals surface area contributed by atoms with Gasteiger partial charge in [0.1, 0.15) is 0 Å². The summed E-state index contributed by atoms with van der Waals surface area (Å²) < 4.78 is 12.5. The topological polar surface area (TPSA) is 64.4 Å². The lowest BCUT2D eigenvalue weighted by Gasteiger charge is -2.09. The van der Waals surface area contributed by atoms with Crippen LogP contribution in [-0.4, -0.2) is 35.3 Å². The molecule has 0 saturated carbocycles. The first-order chi connectivity index (χ1) is 13.1. The van der Waals surface area contributed by atoms with Crippen molar-refractivity contribution in [3.8, 4) is 22.9 Å². The Labute approximate surface area is 166 Å². The average Bonchev–Trinajstić information content (AvgIpc) is 3.07. The van der Waals surface area contributed by atoms with Crippen LogP contribution < -0.4 is 9.47 Å². The number of halogens is 1. The van der Waals surface area contributed by atoms with Gasteiger partial charge in [0.2, 0.25) is 4.77 Å². The highest BCUT2D eigenvalue weighted by atomic mass is 35.5. The van der Waals surface area contributed by atoms with Gasteiger partial charge in [0.25, 0.3) is 0 Å². The maximum Gasteiger partial charge on any atom is 0.216 e. The molecule has 0 unspecified atom stereocenters. The highest BCUT2D eigenvalue weighted by Crippen LogP contribution is 2.31. The molecule has 0 aliphatic rings. The molecule has 0 fully saturated rings. The molecule has 0 spiro atoms. The van der Waals surface area contributed by atoms with Gasteiger partial charge in [-0.3, -0.25) is 0 Å². The van der Waals surface area contributed by atoms with Gasteiger partial charge in [-0.2, -0.15) is 14.9 Å². The number of ether oxygens (including phenoxy) is 2. The molecule has 8 heteroatoms. The Hall–Kier alpha value is -2.90. The molecule has 1 heterocycles. The van der Waals surface area contributed by atoms with E-state index in [1.165, 1.54) is 10.9 Å². The first-order valence-corrected chi connectivity index (χ1v) is 8.77. The number of rotatable bonds is 6. The fraction of sp³-hybridized carbons (Fsp3) is 0.105. The summed E-state index contributed by atoms with van der Waals surface area (Å²) in [5, 5.41) is 11.8. The zero-order valence-electron chi connectivity index (χ0n) is 14.7. The van der Waals surface area contributed by atoms with Crippen LogP contribution in [-0.2, 0) is 0 Å². The summed E-state index contributed by atoms with van der Waals surface area (Å²) in [6, 6.07) is 15.2. The molecule has 0 aliphatic carbocycles. The summed E-state index contributed by atoms with van der Waals surface area (Å²) in [5.41, 5.74) is 1.74. The fourth-order valence-electron chi connectivity index (χ4n) is 2.42. The zero-order valence-corrected chi connectivity index (χ0v) is 16.3. The van der Waals surface area contributed by atoms with Gasteiger partial charge in [-0.1, -0.05) is 41.9 Å². The van der Waals surface area contributed by atoms with Gasteiger partial charge in [-0.25, -0.2) is 5.10 Å². The van der Waals surface area contributed by atoms with Crippen molar-refractivity contribution in [2.75, 3.05) is 14.2 Å². The molecule has 1 N–H and O–H groups in total. The Bertz CT molecular complexity index is 1040. The second kappa shape index (κ2) is 8.66. The normalized spacial score (nSPS) is 11.7. The van der Waals surface area contributed by atoms with Gasteiger partial charge >= 0.3 is 0 Å². The molecule has 0 atom stereocenters. The quantitative estimate of drug-likeness (QED) is 0.479. The van der Waals surface area contributed by atoms with E-state index in [0.717, 1.165) is 11.1 Å². The van der Waals surface area contributed by atoms with Gasteiger partial charge in [0.15, 0.2) is 17.3 Å². The van der Waals surface area contributed by atoms with E-state index in [2.05, 4.69) is 15.3 Å². The van der Waals surface area contributed by atoms with E-state index in [1.807, 2.05) is 42.5 Å². The van der Waals surface area contributed by atoms with E-state index in [1.54, 1.807) is 26.4 Å². The van der Waals surface area contributed by atoms with Gasteiger partial charge in [0, 0.05) is 5.56 Å². The predicted molar refractivity (Wildman–Crippen MR) is 110 cm³/mol. The van der Waals surface area contributed by atoms with Crippen LogP contribution in [0.5, 0.6) is 11.5 Å². The first kappa shape index (κ1) is 18.9. The SMILES string of the molecule is COc1ccc(-c2n[nH]c(=S)n2/N=C\C(Cl)=C\c2ccccc2)cc1OC. The van der Waals surface area contributed by atoms with Crippen molar-refractivity contribution in [1.29, 1.82) is 0 Å². The Morgan fingerprint density at radius 3 is 2.59 bits per heavy atom. The summed E-state index contributed by atoms with van der Waals surface area (Å²) in [6.45, 7) is 0. The summed E-state index contributed by atoms with van der Waals surface area (Å²) >= 11 is 11.5. The van der Waals surface area contributed by atoms with E-state index in [4.69, 9.17) is 33.3 Å². The van der Waals surface area contributed by atoms with Gasteiger partial charge in [-0.15, -0.1) is 0 Å². The maximum atomic E-state index is 6.27. The lowest BCUT2D eigenvalue weighted by Crippen LogP contribution is -1.96. The van der Waals surface area contributed by atoms with Crippen molar-refractivity contribution < 1.29 is 9.47 Å². The van der Waals surface area contributed by atoms with Crippen LogP contribution in [0.2, 0.25) is 0 Å². The van der Waals surface area contributed by atoms with Crippen molar-refractivity contribution >= 4 is 36.1 Å². The monoisotopic (exact) mass is 400 g/mol. The molecule has 2 aromatic carbocycles. The molecule has 6 nitrogen and oxygen atoms in total. The molecule has 3 rings (SSSR count). The fourth-order valence-corrected chi connectivity index (χ4v) is 2.77. The third kappa shape index (κ3) is 4.45. The van der Waals surface area contributed by atoms with Crippen LogP contribution in [0.1, 0.15) is 5.56 Å². The number of aromatic amines is 1. The van der Waals surface area contributed by atoms with Crippen LogP contribution in [0, 0.1) is 4.77 Å². The Kier molecular flexibility index (Phi) is 6.05. The number of hydrogen-bond donors (Lipinski definition) is 1. The highest BCUT2D eigenvalue weighted by molar-refractivity contribution is 7.71. The molecular formula is C19H17ClN4O2S. The molecule has 138 valence electrons. The number of allylic oxidation sites excluding steroid dienone is 1. The lowest BCUT2D eigenvalue weighted by atomic mass is 10.2. The number of nitrogens with one attached hydrogen (secondary N) is 1. The second-order valence-electron chi connectivity index (χ2n) is 5.42.